The van der Waals surface area contributed by atoms with Crippen molar-refractivity contribution >= 4 is 12.4 Å². The topological polar surface area (TPSA) is 89.8 Å². The molecule has 3 rings (SSSR count). The number of hydrogen-bond acceptors (Lipinski definition) is 6. The van der Waals surface area contributed by atoms with Gasteiger partial charge in [-0.2, -0.15) is 13.2 Å². The number of hydrogen-bond donors (Lipinski definition) is 2. The number of nitrogens with zero attached hydrogens (tertiary/aromatic N) is 4. The van der Waals surface area contributed by atoms with E-state index in [1.54, 1.807) is 18.5 Å². The highest BCUT2D eigenvalue weighted by atomic mass is 19.4. The molecule has 0 saturated carbocycles. The third-order valence-electron chi connectivity index (χ3n) is 6.09. The average Bonchev–Trinajstić information content (AvgIpc) is 2.78. The first-order chi connectivity index (χ1) is 15.6. The molecule has 2 aromatic rings. The van der Waals surface area contributed by atoms with E-state index < -0.39 is 17.5 Å². The number of carboxylic acid groups (broad SMARTS) is 1. The second-order valence-corrected chi connectivity index (χ2v) is 8.08. The van der Waals surface area contributed by atoms with Gasteiger partial charge >= 0.3 is 6.18 Å². The van der Waals surface area contributed by atoms with Crippen molar-refractivity contribution in [2.75, 3.05) is 11.9 Å². The Balaban J connectivity index is 0.00000122. The lowest BCUT2D eigenvalue weighted by Crippen LogP contribution is -2.53. The summed E-state index contributed by atoms with van der Waals surface area (Å²) in [5.41, 5.74) is -0.470. The number of aromatic nitrogens is 2. The molecule has 0 spiro atoms. The molecule has 2 unspecified atom stereocenters. The minimum absolute atomic E-state index is 0.0928. The minimum Gasteiger partial charge on any atom is -0.508 e. The highest BCUT2D eigenvalue weighted by Gasteiger charge is 2.36. The molecule has 182 valence electrons. The molecule has 7 nitrogen and oxygen atoms in total. The summed E-state index contributed by atoms with van der Waals surface area (Å²) in [5, 5.41) is 16.8. The van der Waals surface area contributed by atoms with Gasteiger partial charge in [-0.25, -0.2) is 9.97 Å². The number of benzene rings is 1. The van der Waals surface area contributed by atoms with Crippen LogP contribution in [0.1, 0.15) is 50.7 Å². The fourth-order valence-corrected chi connectivity index (χ4v) is 4.45. The molecule has 2 N–H and O–H groups in total. The number of phenolic OH excluding ortho intramolecular Hbond substituents is 1. The summed E-state index contributed by atoms with van der Waals surface area (Å²) in [5.74, 6) is 0.101. The Labute approximate surface area is 191 Å². The zero-order valence-electron chi connectivity index (χ0n) is 19.0. The van der Waals surface area contributed by atoms with Crippen LogP contribution in [0, 0.1) is 0 Å². The lowest BCUT2D eigenvalue weighted by atomic mass is 9.88. The van der Waals surface area contributed by atoms with Crippen LogP contribution in [0.15, 0.2) is 36.7 Å². The first-order valence-electron chi connectivity index (χ1n) is 10.9. The number of rotatable bonds is 6. The van der Waals surface area contributed by atoms with Crippen molar-refractivity contribution in [3.05, 3.63) is 47.8 Å². The van der Waals surface area contributed by atoms with E-state index in [2.05, 4.69) is 35.8 Å². The third-order valence-corrected chi connectivity index (χ3v) is 6.09. The van der Waals surface area contributed by atoms with Crippen LogP contribution >= 0.6 is 0 Å². The average molecular weight is 469 g/mol. The first-order valence-corrected chi connectivity index (χ1v) is 10.9. The summed E-state index contributed by atoms with van der Waals surface area (Å²) >= 11 is 0. The van der Waals surface area contributed by atoms with Gasteiger partial charge in [-0.15, -0.1) is 0 Å². The quantitative estimate of drug-likeness (QED) is 0.601. The van der Waals surface area contributed by atoms with Crippen LogP contribution in [-0.2, 0) is 17.5 Å². The molecule has 1 aromatic carbocycles. The van der Waals surface area contributed by atoms with E-state index in [1.807, 2.05) is 4.90 Å². The Morgan fingerprint density at radius 2 is 1.67 bits per heavy atom. The van der Waals surface area contributed by atoms with Crippen molar-refractivity contribution in [3.8, 4) is 5.75 Å². The third kappa shape index (κ3) is 7.05. The molecule has 10 heteroatoms. The lowest BCUT2D eigenvalue weighted by Gasteiger charge is -2.46. The highest BCUT2D eigenvalue weighted by Crippen LogP contribution is 2.35. The largest absolute Gasteiger partial charge is 0.508 e. The molecular weight excluding hydrogens is 437 g/mol. The monoisotopic (exact) mass is 468 g/mol. The van der Waals surface area contributed by atoms with E-state index in [4.69, 9.17) is 9.90 Å². The minimum atomic E-state index is -4.52. The van der Waals surface area contributed by atoms with Crippen molar-refractivity contribution < 1.29 is 28.2 Å². The fraction of sp³-hybridized carbons (Fsp3) is 0.522. The van der Waals surface area contributed by atoms with Gasteiger partial charge in [0.1, 0.15) is 5.75 Å². The molecule has 33 heavy (non-hydrogen) atoms. The normalized spacial score (nSPS) is 21.1. The number of carbonyl (C=O) groups is 1. The van der Waals surface area contributed by atoms with E-state index in [0.29, 0.717) is 23.6 Å². The van der Waals surface area contributed by atoms with E-state index in [-0.39, 0.29) is 19.1 Å². The molecule has 1 aromatic heterocycles. The number of piperidine rings is 1. The molecule has 1 fully saturated rings. The van der Waals surface area contributed by atoms with Crippen LogP contribution in [0.2, 0.25) is 0 Å². The van der Waals surface area contributed by atoms with E-state index in [0.717, 1.165) is 37.8 Å². The van der Waals surface area contributed by atoms with E-state index in [9.17, 15) is 18.3 Å². The van der Waals surface area contributed by atoms with Gasteiger partial charge in [0.05, 0.1) is 5.56 Å². The van der Waals surface area contributed by atoms with Gasteiger partial charge in [-0.05, 0) is 62.6 Å². The zero-order valence-corrected chi connectivity index (χ0v) is 19.0. The fourth-order valence-electron chi connectivity index (χ4n) is 4.45. The number of likely N-dealkylation sites (tertiary alicyclic amines) is 1. The van der Waals surface area contributed by atoms with Crippen LogP contribution in [0.4, 0.5) is 19.1 Å². The van der Waals surface area contributed by atoms with Crippen LogP contribution in [0.3, 0.4) is 0 Å². The van der Waals surface area contributed by atoms with Gasteiger partial charge < -0.3 is 20.0 Å². The maximum absolute atomic E-state index is 13.2. The Morgan fingerprint density at radius 3 is 2.15 bits per heavy atom. The number of alkyl halides is 3. The van der Waals surface area contributed by atoms with E-state index in [1.165, 1.54) is 6.07 Å². The van der Waals surface area contributed by atoms with Crippen LogP contribution < -0.4 is 4.90 Å². The van der Waals surface area contributed by atoms with Gasteiger partial charge in [0.15, 0.2) is 0 Å². The number of anilines is 1. The van der Waals surface area contributed by atoms with Crippen molar-refractivity contribution in [2.24, 2.45) is 0 Å². The molecule has 2 heterocycles. The molecule has 1 aliphatic heterocycles. The lowest BCUT2D eigenvalue weighted by molar-refractivity contribution is -0.137. The summed E-state index contributed by atoms with van der Waals surface area (Å²) < 4.78 is 39.7. The molecule has 0 radical (unpaired) electrons. The predicted molar refractivity (Wildman–Crippen MR) is 119 cm³/mol. The van der Waals surface area contributed by atoms with Crippen LogP contribution in [0.5, 0.6) is 5.75 Å². The molecule has 0 aliphatic carbocycles. The summed E-state index contributed by atoms with van der Waals surface area (Å²) in [4.78, 5) is 21.5. The predicted octanol–water partition coefficient (Wildman–Crippen LogP) is 4.56. The van der Waals surface area contributed by atoms with Gasteiger partial charge in [0.25, 0.3) is 6.47 Å². The van der Waals surface area contributed by atoms with Gasteiger partial charge in [0.2, 0.25) is 5.95 Å². The molecule has 1 aliphatic rings. The SMILES string of the molecule is CCC1CC(N(Cc2cc(O)cc(C(F)(F)F)c2)c2ncccn2)CC(CC)N1C.O=CO. The Hall–Kier alpha value is -2.88. The molecule has 0 amide bonds. The molecular formula is C23H31F3N4O3. The number of aromatic hydroxyl groups is 1. The first kappa shape index (κ1) is 26.4. The highest BCUT2D eigenvalue weighted by molar-refractivity contribution is 5.39. The molecule has 0 bridgehead atoms. The van der Waals surface area contributed by atoms with Gasteiger partial charge in [-0.1, -0.05) is 13.8 Å². The smallest absolute Gasteiger partial charge is 0.416 e. The van der Waals surface area contributed by atoms with E-state index >= 15 is 0 Å². The van der Waals surface area contributed by atoms with Gasteiger partial charge in [0, 0.05) is 37.1 Å². The summed E-state index contributed by atoms with van der Waals surface area (Å²) in [6.07, 6.45) is 2.52. The maximum atomic E-state index is 13.2. The maximum Gasteiger partial charge on any atom is 0.416 e. The summed E-state index contributed by atoms with van der Waals surface area (Å²) in [6, 6.07) is 5.81. The Kier molecular flexibility index (Phi) is 9.45. The number of halogens is 3. The number of phenols is 1. The summed E-state index contributed by atoms with van der Waals surface area (Å²) in [6.45, 7) is 4.26. The Bertz CT molecular complexity index is 869. The van der Waals surface area contributed by atoms with Crippen molar-refractivity contribution in [1.29, 1.82) is 0 Å². The van der Waals surface area contributed by atoms with Crippen molar-refractivity contribution in [3.63, 3.8) is 0 Å². The molecule has 1 saturated heterocycles. The van der Waals surface area contributed by atoms with Gasteiger partial charge in [-0.3, -0.25) is 4.79 Å². The second kappa shape index (κ2) is 11.8. The zero-order chi connectivity index (χ0) is 24.6. The summed E-state index contributed by atoms with van der Waals surface area (Å²) in [7, 11) is 2.15. The Morgan fingerprint density at radius 1 is 1.12 bits per heavy atom. The van der Waals surface area contributed by atoms with Crippen molar-refractivity contribution in [2.45, 2.75) is 70.4 Å². The molecule has 2 atom stereocenters. The standard InChI is InChI=1S/C22H29F3N4O.CH2O2/c1-4-17-12-19(13-18(5-2)28(17)3)29(21-26-7-6-8-27-21)14-15-9-16(22(23,24)25)11-20(30)10-15;2-1-3/h6-11,17-19,30H,4-5,12-14H2,1-3H3;1H,(H,2,3). The van der Waals surface area contributed by atoms with Crippen LogP contribution in [0.25, 0.3) is 0 Å². The van der Waals surface area contributed by atoms with Crippen LogP contribution in [-0.4, -0.2) is 56.7 Å². The second-order valence-electron chi connectivity index (χ2n) is 8.08. The van der Waals surface area contributed by atoms with Crippen molar-refractivity contribution in [1.82, 2.24) is 14.9 Å².